The Hall–Kier alpha value is -6.60. The van der Waals surface area contributed by atoms with Crippen molar-refractivity contribution in [1.82, 2.24) is 19.9 Å². The maximum Gasteiger partial charge on any atom is 0.182 e. The van der Waals surface area contributed by atoms with E-state index in [1.54, 1.807) is 0 Å². The lowest BCUT2D eigenvalue weighted by Crippen LogP contribution is -2.55. The van der Waals surface area contributed by atoms with Crippen molar-refractivity contribution < 1.29 is 0 Å². The predicted molar refractivity (Wildman–Crippen MR) is 266 cm³/mol. The fraction of sp³-hybridized carbons (Fsp3) is 0.172. The van der Waals surface area contributed by atoms with Gasteiger partial charge in [-0.15, -0.1) is 22.7 Å². The van der Waals surface area contributed by atoms with Crippen molar-refractivity contribution in [2.45, 2.75) is 37.5 Å². The minimum absolute atomic E-state index is 0.0348. The highest BCUT2D eigenvalue weighted by Gasteiger charge is 2.62. The molecular weight excluding hydrogens is 817 g/mol. The molecule has 11 aromatic rings. The molecule has 5 aliphatic rings. The van der Waals surface area contributed by atoms with Crippen LogP contribution in [-0.4, -0.2) is 19.9 Å². The number of hydrogen-bond donors (Lipinski definition) is 0. The Balaban J connectivity index is 0.957. The first-order valence-corrected chi connectivity index (χ1v) is 24.5. The summed E-state index contributed by atoms with van der Waals surface area (Å²) in [6.07, 6.45) is 6.70. The molecule has 0 atom stereocenters. The predicted octanol–water partition coefficient (Wildman–Crippen LogP) is 15.5. The number of hydrogen-bond acceptors (Lipinski definition) is 6. The third kappa shape index (κ3) is 5.04. The van der Waals surface area contributed by atoms with Gasteiger partial charge in [0, 0.05) is 62.3 Å². The average Bonchev–Trinajstić information content (AvgIpc) is 4.00. The van der Waals surface area contributed by atoms with Gasteiger partial charge in [-0.1, -0.05) is 97.1 Å². The molecule has 64 heavy (non-hydrogen) atoms. The highest BCUT2D eigenvalue weighted by atomic mass is 32.1. The molecule has 0 amide bonds. The Morgan fingerprint density at radius 3 is 1.78 bits per heavy atom. The van der Waals surface area contributed by atoms with E-state index < -0.39 is 0 Å². The zero-order valence-electron chi connectivity index (χ0n) is 35.0. The summed E-state index contributed by atoms with van der Waals surface area (Å²) in [7, 11) is 0. The molecule has 4 bridgehead atoms. The summed E-state index contributed by atoms with van der Waals surface area (Å²) in [5, 5.41) is 6.28. The van der Waals surface area contributed by atoms with E-state index in [9.17, 15) is 0 Å². The number of thiophene rings is 2. The van der Waals surface area contributed by atoms with Gasteiger partial charge in [0.25, 0.3) is 0 Å². The van der Waals surface area contributed by atoms with E-state index >= 15 is 0 Å². The molecule has 4 heterocycles. The molecule has 304 valence electrons. The Bertz CT molecular complexity index is 3760. The first-order valence-electron chi connectivity index (χ1n) is 22.9. The molecular formula is C58H40N4S2. The molecule has 7 aromatic carbocycles. The van der Waals surface area contributed by atoms with E-state index in [1.165, 1.54) is 106 Å². The van der Waals surface area contributed by atoms with Crippen LogP contribution >= 0.6 is 22.7 Å². The van der Waals surface area contributed by atoms with Gasteiger partial charge in [-0.25, -0.2) is 19.9 Å². The highest BCUT2D eigenvalue weighted by Crippen LogP contribution is 2.70. The lowest BCUT2D eigenvalue weighted by Gasteiger charge is -2.61. The zero-order chi connectivity index (χ0) is 41.7. The molecule has 0 N–H and O–H groups in total. The van der Waals surface area contributed by atoms with Gasteiger partial charge in [0.05, 0.1) is 5.52 Å². The van der Waals surface area contributed by atoms with Crippen LogP contribution in [0.1, 0.15) is 43.2 Å². The van der Waals surface area contributed by atoms with Crippen molar-refractivity contribution in [1.29, 1.82) is 0 Å². The summed E-state index contributed by atoms with van der Waals surface area (Å²) in [6.45, 7) is 0. The molecule has 4 fully saturated rings. The quantitative estimate of drug-likeness (QED) is 0.177. The van der Waals surface area contributed by atoms with Gasteiger partial charge < -0.3 is 0 Å². The molecule has 0 aliphatic heterocycles. The van der Waals surface area contributed by atoms with E-state index in [2.05, 4.69) is 152 Å². The van der Waals surface area contributed by atoms with Crippen molar-refractivity contribution in [3.8, 4) is 56.5 Å². The lowest BCUT2D eigenvalue weighted by molar-refractivity contribution is -0.0399. The number of fused-ring (bicyclic) bond motifs is 10. The Labute approximate surface area is 378 Å². The van der Waals surface area contributed by atoms with Crippen LogP contribution in [0.5, 0.6) is 0 Å². The molecule has 4 saturated carbocycles. The Morgan fingerprint density at radius 2 is 1.02 bits per heavy atom. The molecule has 4 nitrogen and oxygen atoms in total. The SMILES string of the molecule is c1cc(-c2nc(-c3ccc4sc5ccccc5c4c3)nc(-c3ccc4ccccc4n3)n2)c2c(c1)C1(c3cc(-c4ccc5sc6ccccc6c5c4)ccc3-2)C2CC3CC(C2)CC1C3. The van der Waals surface area contributed by atoms with Crippen LogP contribution in [0.2, 0.25) is 0 Å². The number of nitrogens with zero attached hydrogens (tertiary/aromatic N) is 4. The van der Waals surface area contributed by atoms with Crippen LogP contribution in [0.4, 0.5) is 0 Å². The Kier molecular flexibility index (Phi) is 7.40. The summed E-state index contributed by atoms with van der Waals surface area (Å²) in [5.41, 5.74) is 12.0. The normalized spacial score (nSPS) is 21.8. The van der Waals surface area contributed by atoms with Crippen molar-refractivity contribution in [3.05, 3.63) is 169 Å². The second-order valence-corrected chi connectivity index (χ2v) is 21.1. The average molecular weight is 857 g/mol. The fourth-order valence-corrected chi connectivity index (χ4v) is 15.5. The maximum absolute atomic E-state index is 5.48. The standard InChI is InChI=1S/C58H40N4S2/c1-4-13-48-34(8-1)17-21-49(59-48)57-61-55(37-19-23-53-45(30-37)41-10-3-6-15-51(41)64-53)60-56(62-57)43-11-7-12-46-54(43)42-20-16-36(35-18-22-52-44(29-35)40-9-2-5-14-50(40)63-52)31-47(42)58(46)38-25-32-24-33(27-38)28-39(58)26-32/h1-23,29-33,38-39H,24-28H2. The van der Waals surface area contributed by atoms with E-state index in [1.807, 2.05) is 28.7 Å². The topological polar surface area (TPSA) is 51.6 Å². The van der Waals surface area contributed by atoms with Gasteiger partial charge in [-0.2, -0.15) is 0 Å². The van der Waals surface area contributed by atoms with Crippen LogP contribution in [0, 0.1) is 23.7 Å². The largest absolute Gasteiger partial charge is 0.244 e. The minimum Gasteiger partial charge on any atom is -0.244 e. The van der Waals surface area contributed by atoms with Gasteiger partial charge in [-0.05, 0) is 150 Å². The third-order valence-electron chi connectivity index (χ3n) is 15.7. The number of para-hydroxylation sites is 1. The van der Waals surface area contributed by atoms with Crippen molar-refractivity contribution >= 4 is 73.9 Å². The number of aromatic nitrogens is 4. The van der Waals surface area contributed by atoms with E-state index in [0.29, 0.717) is 29.3 Å². The minimum atomic E-state index is -0.0348. The van der Waals surface area contributed by atoms with E-state index in [4.69, 9.17) is 19.9 Å². The summed E-state index contributed by atoms with van der Waals surface area (Å²) in [4.78, 5) is 21.3. The summed E-state index contributed by atoms with van der Waals surface area (Å²) in [5.74, 6) is 4.90. The maximum atomic E-state index is 5.48. The Morgan fingerprint density at radius 1 is 0.406 bits per heavy atom. The summed E-state index contributed by atoms with van der Waals surface area (Å²) >= 11 is 3.72. The first-order chi connectivity index (χ1) is 31.6. The number of rotatable bonds is 4. The smallest absolute Gasteiger partial charge is 0.182 e. The number of benzene rings is 7. The van der Waals surface area contributed by atoms with Gasteiger partial charge in [-0.3, -0.25) is 0 Å². The van der Waals surface area contributed by atoms with Crippen LogP contribution in [0.3, 0.4) is 0 Å². The molecule has 1 spiro atoms. The van der Waals surface area contributed by atoms with Crippen LogP contribution in [0.15, 0.2) is 158 Å². The van der Waals surface area contributed by atoms with Gasteiger partial charge >= 0.3 is 0 Å². The van der Waals surface area contributed by atoms with Crippen molar-refractivity contribution in [2.75, 3.05) is 0 Å². The van der Waals surface area contributed by atoms with E-state index in [-0.39, 0.29) is 5.41 Å². The van der Waals surface area contributed by atoms with Crippen molar-refractivity contribution in [3.63, 3.8) is 0 Å². The third-order valence-corrected chi connectivity index (χ3v) is 18.0. The van der Waals surface area contributed by atoms with Gasteiger partial charge in [0.2, 0.25) is 0 Å². The van der Waals surface area contributed by atoms with Crippen LogP contribution < -0.4 is 0 Å². The first kappa shape index (κ1) is 35.8. The highest BCUT2D eigenvalue weighted by molar-refractivity contribution is 7.26. The van der Waals surface area contributed by atoms with Crippen LogP contribution in [-0.2, 0) is 5.41 Å². The summed E-state index contributed by atoms with van der Waals surface area (Å²) in [6, 6.07) is 58.3. The molecule has 6 heteroatoms. The van der Waals surface area contributed by atoms with Gasteiger partial charge in [0.15, 0.2) is 17.5 Å². The molecule has 16 rings (SSSR count). The second kappa shape index (κ2) is 13.2. The van der Waals surface area contributed by atoms with E-state index in [0.717, 1.165) is 39.6 Å². The zero-order valence-corrected chi connectivity index (χ0v) is 36.6. The summed E-state index contributed by atoms with van der Waals surface area (Å²) < 4.78 is 5.24. The van der Waals surface area contributed by atoms with Crippen molar-refractivity contribution in [2.24, 2.45) is 23.7 Å². The lowest BCUT2D eigenvalue weighted by atomic mass is 9.43. The molecule has 5 aliphatic carbocycles. The van der Waals surface area contributed by atoms with Crippen LogP contribution in [0.25, 0.3) is 108 Å². The second-order valence-electron chi connectivity index (χ2n) is 19.0. The monoisotopic (exact) mass is 856 g/mol. The number of pyridine rings is 1. The van der Waals surface area contributed by atoms with Gasteiger partial charge in [0.1, 0.15) is 5.69 Å². The molecule has 0 saturated heterocycles. The molecule has 0 unspecified atom stereocenters. The molecule has 4 aromatic heterocycles. The molecule has 0 radical (unpaired) electrons. The fourth-order valence-electron chi connectivity index (χ4n) is 13.3.